The number of ketones is 1. The quantitative estimate of drug-likeness (QED) is 0.552. The molecule has 3 heteroatoms. The molecule has 0 amide bonds. The van der Waals surface area contributed by atoms with Gasteiger partial charge in [-0.3, -0.25) is 4.79 Å². The van der Waals surface area contributed by atoms with Crippen LogP contribution in [0.5, 0.6) is 0 Å². The third kappa shape index (κ3) is 3.77. The second-order valence-corrected chi connectivity index (χ2v) is 1.51. The highest BCUT2D eigenvalue weighted by Gasteiger charge is 1.96. The smallest absolute Gasteiger partial charge is 0.161 e. The number of aliphatic hydroxyl groups is 1. The molecule has 0 fully saturated rings. The average Bonchev–Trinajstić information content (AvgIpc) is 1.83. The monoisotopic (exact) mass is 117 g/mol. The van der Waals surface area contributed by atoms with Crippen LogP contribution < -0.4 is 0 Å². The zero-order valence-corrected chi connectivity index (χ0v) is 4.59. The SMILES string of the molecule is [O]CC(=O)CCCO. The summed E-state index contributed by atoms with van der Waals surface area (Å²) in [7, 11) is 0. The molecule has 0 bridgehead atoms. The Morgan fingerprint density at radius 2 is 2.12 bits per heavy atom. The summed E-state index contributed by atoms with van der Waals surface area (Å²) in [4.78, 5) is 10.1. The zero-order valence-electron chi connectivity index (χ0n) is 4.59. The predicted octanol–water partition coefficient (Wildman–Crippen LogP) is -0.242. The molecule has 0 aliphatic rings. The Labute approximate surface area is 47.9 Å². The fraction of sp³-hybridized carbons (Fsp3) is 0.800. The van der Waals surface area contributed by atoms with Crippen LogP contribution in [0.15, 0.2) is 0 Å². The molecule has 3 nitrogen and oxygen atoms in total. The van der Waals surface area contributed by atoms with Gasteiger partial charge in [-0.2, -0.15) is 0 Å². The molecular formula is C5H9O3. The minimum absolute atomic E-state index is 0.00819. The van der Waals surface area contributed by atoms with Gasteiger partial charge in [0.1, 0.15) is 6.61 Å². The Morgan fingerprint density at radius 1 is 1.50 bits per heavy atom. The molecule has 0 spiro atoms. The van der Waals surface area contributed by atoms with Crippen LogP contribution in [-0.2, 0) is 9.90 Å². The molecule has 1 radical (unpaired) electrons. The fourth-order valence-corrected chi connectivity index (χ4v) is 0.348. The van der Waals surface area contributed by atoms with Crippen LogP contribution in [0.2, 0.25) is 0 Å². The van der Waals surface area contributed by atoms with E-state index in [0.29, 0.717) is 6.42 Å². The maximum Gasteiger partial charge on any atom is 0.161 e. The lowest BCUT2D eigenvalue weighted by Gasteiger charge is -1.89. The fourth-order valence-electron chi connectivity index (χ4n) is 0.348. The van der Waals surface area contributed by atoms with E-state index in [-0.39, 0.29) is 18.8 Å². The number of hydrogen-bond acceptors (Lipinski definition) is 2. The van der Waals surface area contributed by atoms with Gasteiger partial charge in [-0.1, -0.05) is 0 Å². The molecule has 8 heavy (non-hydrogen) atoms. The first-order chi connectivity index (χ1) is 3.81. The van der Waals surface area contributed by atoms with E-state index in [1.807, 2.05) is 0 Å². The van der Waals surface area contributed by atoms with Crippen molar-refractivity contribution in [2.75, 3.05) is 13.2 Å². The first-order valence-corrected chi connectivity index (χ1v) is 2.52. The van der Waals surface area contributed by atoms with Crippen molar-refractivity contribution in [2.24, 2.45) is 0 Å². The lowest BCUT2D eigenvalue weighted by atomic mass is 10.2. The molecule has 0 unspecified atom stereocenters. The molecule has 0 aromatic heterocycles. The van der Waals surface area contributed by atoms with E-state index in [0.717, 1.165) is 0 Å². The third-order valence-electron chi connectivity index (χ3n) is 0.775. The molecule has 0 heterocycles. The van der Waals surface area contributed by atoms with E-state index in [1.165, 1.54) is 0 Å². The van der Waals surface area contributed by atoms with Gasteiger partial charge in [-0.05, 0) is 6.42 Å². The van der Waals surface area contributed by atoms with Gasteiger partial charge in [0.15, 0.2) is 5.78 Å². The normalized spacial score (nSPS) is 9.25. The van der Waals surface area contributed by atoms with Crippen molar-refractivity contribution in [1.29, 1.82) is 0 Å². The van der Waals surface area contributed by atoms with Crippen LogP contribution >= 0.6 is 0 Å². The van der Waals surface area contributed by atoms with Crippen LogP contribution in [0.4, 0.5) is 0 Å². The van der Waals surface area contributed by atoms with Crippen molar-refractivity contribution >= 4 is 5.78 Å². The van der Waals surface area contributed by atoms with Crippen LogP contribution in [0.3, 0.4) is 0 Å². The Kier molecular flexibility index (Phi) is 4.50. The number of carbonyl (C=O) groups excluding carboxylic acids is 1. The van der Waals surface area contributed by atoms with Crippen molar-refractivity contribution in [2.45, 2.75) is 12.8 Å². The van der Waals surface area contributed by atoms with Crippen LogP contribution in [0.25, 0.3) is 0 Å². The van der Waals surface area contributed by atoms with Gasteiger partial charge in [-0.25, -0.2) is 5.11 Å². The zero-order chi connectivity index (χ0) is 6.41. The molecule has 0 aromatic rings. The lowest BCUT2D eigenvalue weighted by Crippen LogP contribution is -2.02. The van der Waals surface area contributed by atoms with E-state index in [4.69, 9.17) is 5.11 Å². The third-order valence-corrected chi connectivity index (χ3v) is 0.775. The minimum Gasteiger partial charge on any atom is -0.396 e. The maximum absolute atomic E-state index is 10.1. The summed E-state index contributed by atoms with van der Waals surface area (Å²) in [5.74, 6) is -0.320. The van der Waals surface area contributed by atoms with Crippen molar-refractivity contribution in [3.05, 3.63) is 0 Å². The highest BCUT2D eigenvalue weighted by molar-refractivity contribution is 5.79. The molecule has 0 aromatic carbocycles. The predicted molar refractivity (Wildman–Crippen MR) is 26.9 cm³/mol. The van der Waals surface area contributed by atoms with Gasteiger partial charge >= 0.3 is 0 Å². The second-order valence-electron chi connectivity index (χ2n) is 1.51. The van der Waals surface area contributed by atoms with Gasteiger partial charge in [0, 0.05) is 13.0 Å². The average molecular weight is 117 g/mol. The Bertz CT molecular complexity index is 70.1. The van der Waals surface area contributed by atoms with E-state index in [9.17, 15) is 9.90 Å². The first-order valence-electron chi connectivity index (χ1n) is 2.52. The standard InChI is InChI=1S/C5H9O3/c6-3-1-2-5(8)4-7/h6H,1-4H2. The van der Waals surface area contributed by atoms with E-state index in [2.05, 4.69) is 0 Å². The highest BCUT2D eigenvalue weighted by atomic mass is 16.3. The van der Waals surface area contributed by atoms with Crippen LogP contribution in [0.1, 0.15) is 12.8 Å². The van der Waals surface area contributed by atoms with Gasteiger partial charge in [0.2, 0.25) is 0 Å². The highest BCUT2D eigenvalue weighted by Crippen LogP contribution is 1.86. The van der Waals surface area contributed by atoms with Crippen LogP contribution in [-0.4, -0.2) is 24.1 Å². The lowest BCUT2D eigenvalue weighted by molar-refractivity contribution is -0.123. The molecule has 0 aliphatic carbocycles. The number of aliphatic hydroxyl groups excluding tert-OH is 1. The second kappa shape index (κ2) is 4.74. The van der Waals surface area contributed by atoms with Crippen molar-refractivity contribution in [3.63, 3.8) is 0 Å². The number of rotatable bonds is 4. The summed E-state index contributed by atoms with van der Waals surface area (Å²) in [6.07, 6.45) is 0.640. The van der Waals surface area contributed by atoms with E-state index in [1.54, 1.807) is 0 Å². The first kappa shape index (κ1) is 7.59. The minimum atomic E-state index is -0.653. The Balaban J connectivity index is 2.99. The molecule has 0 aliphatic heterocycles. The number of carbonyl (C=O) groups is 1. The van der Waals surface area contributed by atoms with Crippen LogP contribution in [0, 0.1) is 0 Å². The Morgan fingerprint density at radius 3 is 2.50 bits per heavy atom. The summed E-state index contributed by atoms with van der Waals surface area (Å²) in [5, 5.41) is 17.9. The molecule has 47 valence electrons. The van der Waals surface area contributed by atoms with Gasteiger partial charge in [-0.15, -0.1) is 0 Å². The van der Waals surface area contributed by atoms with Gasteiger partial charge < -0.3 is 5.11 Å². The molecule has 1 N–H and O–H groups in total. The van der Waals surface area contributed by atoms with E-state index >= 15 is 0 Å². The van der Waals surface area contributed by atoms with Gasteiger partial charge in [0.25, 0.3) is 0 Å². The molecule has 0 atom stereocenters. The summed E-state index contributed by atoms with van der Waals surface area (Å²) in [5.41, 5.74) is 0. The number of hydrogen-bond donors (Lipinski definition) is 1. The summed E-state index contributed by atoms with van der Waals surface area (Å²) < 4.78 is 0. The molecular weight excluding hydrogens is 108 g/mol. The largest absolute Gasteiger partial charge is 0.396 e. The molecule has 0 rings (SSSR count). The topological polar surface area (TPSA) is 57.2 Å². The maximum atomic E-state index is 10.1. The summed E-state index contributed by atoms with van der Waals surface area (Å²) in [6, 6.07) is 0. The van der Waals surface area contributed by atoms with Gasteiger partial charge in [0.05, 0.1) is 0 Å². The summed E-state index contributed by atoms with van der Waals surface area (Å²) in [6.45, 7) is -0.661. The van der Waals surface area contributed by atoms with Crippen molar-refractivity contribution < 1.29 is 15.0 Å². The Hall–Kier alpha value is -0.410. The molecule has 0 saturated carbocycles. The molecule has 0 saturated heterocycles. The van der Waals surface area contributed by atoms with E-state index < -0.39 is 6.61 Å². The summed E-state index contributed by atoms with van der Waals surface area (Å²) >= 11 is 0. The number of Topliss-reactive ketones (excluding diaryl/α,β-unsaturated/α-hetero) is 1. The van der Waals surface area contributed by atoms with Crippen molar-refractivity contribution in [3.8, 4) is 0 Å². The van der Waals surface area contributed by atoms with Crippen molar-refractivity contribution in [1.82, 2.24) is 0 Å².